The first-order chi connectivity index (χ1) is 14.0. The molecular weight excluding hydrogens is 364 g/mol. The number of benzene rings is 1. The molecule has 6 nitrogen and oxygen atoms in total. The number of unbranched alkanes of at least 4 members (excludes halogenated alkanes) is 1. The van der Waals surface area contributed by atoms with Crippen LogP contribution in [0.3, 0.4) is 0 Å². The van der Waals surface area contributed by atoms with E-state index in [0.717, 1.165) is 18.4 Å². The Balaban J connectivity index is 1.95. The smallest absolute Gasteiger partial charge is 0.290 e. The Hall–Kier alpha value is -3.15. The monoisotopic (exact) mass is 392 g/mol. The van der Waals surface area contributed by atoms with Gasteiger partial charge in [0.2, 0.25) is 5.82 Å². The van der Waals surface area contributed by atoms with Crippen molar-refractivity contribution in [1.82, 2.24) is 19.6 Å². The number of aromatic nitrogens is 2. The average molecular weight is 393 g/mol. The standard InChI is InChI=1S/C23H28N4O2/c1-4-5-14-24-22(28)20-19-13-9-10-15-26(19)21(25-20)23(29)27(17(2)3)16-18-11-7-6-8-12-18/h6-13,15,17H,4-5,14,16H2,1-3H3,(H,24,28). The van der Waals surface area contributed by atoms with Crippen LogP contribution in [0, 0.1) is 0 Å². The van der Waals surface area contributed by atoms with Crippen LogP contribution in [-0.4, -0.2) is 38.7 Å². The Labute approximate surface area is 171 Å². The fourth-order valence-electron chi connectivity index (χ4n) is 3.22. The molecule has 0 atom stereocenters. The first-order valence-corrected chi connectivity index (χ1v) is 10.1. The van der Waals surface area contributed by atoms with Crippen molar-refractivity contribution in [3.05, 3.63) is 71.8 Å². The van der Waals surface area contributed by atoms with E-state index in [0.29, 0.717) is 18.6 Å². The minimum Gasteiger partial charge on any atom is -0.351 e. The van der Waals surface area contributed by atoms with Crippen LogP contribution in [0.2, 0.25) is 0 Å². The third kappa shape index (κ3) is 4.65. The van der Waals surface area contributed by atoms with Crippen molar-refractivity contribution in [3.8, 4) is 0 Å². The molecule has 0 radical (unpaired) electrons. The molecule has 1 aromatic carbocycles. The quantitative estimate of drug-likeness (QED) is 0.591. The molecule has 0 spiro atoms. The second kappa shape index (κ2) is 9.37. The SMILES string of the molecule is CCCCNC(=O)c1nc(C(=O)N(Cc2ccccc2)C(C)C)n2ccccc12. The first-order valence-electron chi connectivity index (χ1n) is 10.1. The van der Waals surface area contributed by atoms with E-state index in [1.165, 1.54) is 0 Å². The molecule has 2 aromatic heterocycles. The van der Waals surface area contributed by atoms with Crippen molar-refractivity contribution in [2.24, 2.45) is 0 Å². The minimum atomic E-state index is -0.250. The summed E-state index contributed by atoms with van der Waals surface area (Å²) >= 11 is 0. The predicted octanol–water partition coefficient (Wildman–Crippen LogP) is 3.92. The fraction of sp³-hybridized carbons (Fsp3) is 0.348. The van der Waals surface area contributed by atoms with Crippen molar-refractivity contribution < 1.29 is 9.59 Å². The summed E-state index contributed by atoms with van der Waals surface area (Å²) in [7, 11) is 0. The van der Waals surface area contributed by atoms with Gasteiger partial charge >= 0.3 is 0 Å². The van der Waals surface area contributed by atoms with E-state index in [1.807, 2.05) is 62.4 Å². The van der Waals surface area contributed by atoms with Crippen molar-refractivity contribution in [2.45, 2.75) is 46.2 Å². The topological polar surface area (TPSA) is 66.7 Å². The van der Waals surface area contributed by atoms with Gasteiger partial charge in [0.25, 0.3) is 11.8 Å². The van der Waals surface area contributed by atoms with Gasteiger partial charge in [-0.2, -0.15) is 0 Å². The number of amides is 2. The molecule has 29 heavy (non-hydrogen) atoms. The van der Waals surface area contributed by atoms with E-state index >= 15 is 0 Å². The molecule has 0 aliphatic rings. The van der Waals surface area contributed by atoms with E-state index in [9.17, 15) is 9.59 Å². The first kappa shape index (κ1) is 20.6. The Morgan fingerprint density at radius 3 is 2.52 bits per heavy atom. The third-order valence-electron chi connectivity index (χ3n) is 4.85. The molecule has 2 amide bonds. The van der Waals surface area contributed by atoms with Crippen LogP contribution in [0.25, 0.3) is 5.52 Å². The molecule has 1 N–H and O–H groups in total. The molecule has 0 saturated carbocycles. The predicted molar refractivity (Wildman–Crippen MR) is 114 cm³/mol. The van der Waals surface area contributed by atoms with Crippen LogP contribution in [0.1, 0.15) is 60.3 Å². The number of fused-ring (bicyclic) bond motifs is 1. The zero-order valence-corrected chi connectivity index (χ0v) is 17.3. The maximum atomic E-state index is 13.4. The number of carbonyl (C=O) groups is 2. The number of hydrogen-bond donors (Lipinski definition) is 1. The molecule has 0 saturated heterocycles. The molecular formula is C23H28N4O2. The molecule has 6 heteroatoms. The number of pyridine rings is 1. The summed E-state index contributed by atoms with van der Waals surface area (Å²) < 4.78 is 1.71. The second-order valence-corrected chi connectivity index (χ2v) is 7.36. The van der Waals surface area contributed by atoms with E-state index in [-0.39, 0.29) is 29.4 Å². The van der Waals surface area contributed by atoms with Crippen molar-refractivity contribution in [1.29, 1.82) is 0 Å². The molecule has 3 aromatic rings. The molecule has 3 rings (SSSR count). The number of nitrogens with one attached hydrogen (secondary N) is 1. The molecule has 0 bridgehead atoms. The van der Waals surface area contributed by atoms with E-state index in [1.54, 1.807) is 15.5 Å². The van der Waals surface area contributed by atoms with E-state index < -0.39 is 0 Å². The minimum absolute atomic E-state index is 0.0133. The summed E-state index contributed by atoms with van der Waals surface area (Å²) in [5.41, 5.74) is 1.97. The van der Waals surface area contributed by atoms with Gasteiger partial charge in [-0.3, -0.25) is 14.0 Å². The zero-order chi connectivity index (χ0) is 20.8. The number of carbonyl (C=O) groups excluding carboxylic acids is 2. The lowest BCUT2D eigenvalue weighted by Crippen LogP contribution is -2.37. The van der Waals surface area contributed by atoms with Crippen molar-refractivity contribution >= 4 is 17.3 Å². The Morgan fingerprint density at radius 1 is 1.10 bits per heavy atom. The molecule has 0 aliphatic carbocycles. The van der Waals surface area contributed by atoms with Gasteiger partial charge in [0.15, 0.2) is 5.69 Å². The average Bonchev–Trinajstić information content (AvgIpc) is 3.12. The number of hydrogen-bond acceptors (Lipinski definition) is 3. The van der Waals surface area contributed by atoms with Crippen LogP contribution in [0.5, 0.6) is 0 Å². The van der Waals surface area contributed by atoms with E-state index in [4.69, 9.17) is 0 Å². The zero-order valence-electron chi connectivity index (χ0n) is 17.3. The van der Waals surface area contributed by atoms with Gasteiger partial charge in [-0.15, -0.1) is 0 Å². The lowest BCUT2D eigenvalue weighted by Gasteiger charge is -2.26. The lowest BCUT2D eigenvalue weighted by atomic mass is 10.2. The summed E-state index contributed by atoms with van der Waals surface area (Å²) in [5.74, 6) is -0.191. The van der Waals surface area contributed by atoms with Crippen LogP contribution in [0.15, 0.2) is 54.7 Å². The normalized spacial score (nSPS) is 11.0. The van der Waals surface area contributed by atoms with Gasteiger partial charge in [0.05, 0.1) is 5.52 Å². The Bertz CT molecular complexity index is 979. The van der Waals surface area contributed by atoms with Crippen molar-refractivity contribution in [3.63, 3.8) is 0 Å². The van der Waals surface area contributed by atoms with Gasteiger partial charge < -0.3 is 10.2 Å². The van der Waals surface area contributed by atoms with Gasteiger partial charge in [0, 0.05) is 25.3 Å². The number of rotatable bonds is 8. The summed E-state index contributed by atoms with van der Waals surface area (Å²) in [4.78, 5) is 32.3. The molecule has 0 aliphatic heterocycles. The highest BCUT2D eigenvalue weighted by Crippen LogP contribution is 2.18. The lowest BCUT2D eigenvalue weighted by molar-refractivity contribution is 0.0677. The summed E-state index contributed by atoms with van der Waals surface area (Å²) in [6.45, 7) is 7.11. The van der Waals surface area contributed by atoms with Gasteiger partial charge in [0.1, 0.15) is 0 Å². The summed E-state index contributed by atoms with van der Waals surface area (Å²) in [6.07, 6.45) is 3.68. The Morgan fingerprint density at radius 2 is 1.83 bits per heavy atom. The van der Waals surface area contributed by atoms with Gasteiger partial charge in [-0.25, -0.2) is 4.98 Å². The number of imidazole rings is 1. The van der Waals surface area contributed by atoms with Crippen LogP contribution in [0.4, 0.5) is 0 Å². The van der Waals surface area contributed by atoms with Gasteiger partial charge in [-0.1, -0.05) is 49.7 Å². The van der Waals surface area contributed by atoms with Crippen LogP contribution in [-0.2, 0) is 6.54 Å². The fourth-order valence-corrected chi connectivity index (χ4v) is 3.22. The second-order valence-electron chi connectivity index (χ2n) is 7.36. The maximum absolute atomic E-state index is 13.4. The Kier molecular flexibility index (Phi) is 6.65. The largest absolute Gasteiger partial charge is 0.351 e. The molecule has 0 fully saturated rings. The third-order valence-corrected chi connectivity index (χ3v) is 4.85. The van der Waals surface area contributed by atoms with Gasteiger partial charge in [-0.05, 0) is 38.0 Å². The number of nitrogens with zero attached hydrogens (tertiary/aromatic N) is 3. The summed E-state index contributed by atoms with van der Waals surface area (Å²) in [5, 5.41) is 2.90. The molecule has 0 unspecified atom stereocenters. The maximum Gasteiger partial charge on any atom is 0.290 e. The highest BCUT2D eigenvalue weighted by molar-refractivity contribution is 6.02. The van der Waals surface area contributed by atoms with E-state index in [2.05, 4.69) is 17.2 Å². The van der Waals surface area contributed by atoms with Crippen LogP contribution >= 0.6 is 0 Å². The molecule has 152 valence electrons. The summed E-state index contributed by atoms with van der Waals surface area (Å²) in [6, 6.07) is 15.4. The molecule has 2 heterocycles. The highest BCUT2D eigenvalue weighted by Gasteiger charge is 2.26. The highest BCUT2D eigenvalue weighted by atomic mass is 16.2. The van der Waals surface area contributed by atoms with Crippen molar-refractivity contribution in [2.75, 3.05) is 6.54 Å². The van der Waals surface area contributed by atoms with Crippen LogP contribution < -0.4 is 5.32 Å².